The van der Waals surface area contributed by atoms with Crippen LogP contribution in [-0.2, 0) is 6.54 Å². The Morgan fingerprint density at radius 2 is 2.31 bits per heavy atom. The Kier molecular flexibility index (Phi) is 3.91. The molecule has 1 aromatic rings. The molecule has 1 fully saturated rings. The van der Waals surface area contributed by atoms with Gasteiger partial charge in [0.2, 0.25) is 0 Å². The van der Waals surface area contributed by atoms with Crippen LogP contribution in [0.3, 0.4) is 0 Å². The second-order valence-corrected chi connectivity index (χ2v) is 4.71. The lowest BCUT2D eigenvalue weighted by molar-refractivity contribution is 0.0696. The van der Waals surface area contributed by atoms with E-state index in [2.05, 4.69) is 23.0 Å². The highest BCUT2D eigenvalue weighted by Crippen LogP contribution is 2.22. The summed E-state index contributed by atoms with van der Waals surface area (Å²) < 4.78 is 0. The molecule has 1 N–H and O–H groups in total. The van der Waals surface area contributed by atoms with E-state index in [0.717, 1.165) is 31.5 Å². The van der Waals surface area contributed by atoms with Crippen LogP contribution < -0.4 is 0 Å². The van der Waals surface area contributed by atoms with Crippen molar-refractivity contribution in [1.29, 1.82) is 0 Å². The monoisotopic (exact) mass is 220 g/mol. The van der Waals surface area contributed by atoms with Crippen LogP contribution >= 0.6 is 0 Å². The molecule has 3 heteroatoms. The van der Waals surface area contributed by atoms with Gasteiger partial charge in [0, 0.05) is 18.8 Å². The Balaban J connectivity index is 1.90. The van der Waals surface area contributed by atoms with E-state index in [4.69, 9.17) is 0 Å². The number of pyridine rings is 1. The highest BCUT2D eigenvalue weighted by atomic mass is 16.3. The van der Waals surface area contributed by atoms with Crippen LogP contribution in [0, 0.1) is 0 Å². The molecule has 3 nitrogen and oxygen atoms in total. The average Bonchev–Trinajstić information content (AvgIpc) is 2.30. The molecule has 0 bridgehead atoms. The zero-order valence-electron chi connectivity index (χ0n) is 9.84. The van der Waals surface area contributed by atoms with E-state index in [0.29, 0.717) is 6.04 Å². The Bertz CT molecular complexity index is 315. The molecule has 0 aromatic carbocycles. The van der Waals surface area contributed by atoms with Crippen LogP contribution in [0.1, 0.15) is 31.4 Å². The molecule has 0 aliphatic heterocycles. The first kappa shape index (κ1) is 11.6. The van der Waals surface area contributed by atoms with Crippen LogP contribution in [0.15, 0.2) is 24.4 Å². The zero-order chi connectivity index (χ0) is 11.4. The highest BCUT2D eigenvalue weighted by Gasteiger charge is 2.23. The third kappa shape index (κ3) is 3.03. The van der Waals surface area contributed by atoms with Crippen molar-refractivity contribution >= 4 is 0 Å². The molecule has 88 valence electrons. The first-order valence-electron chi connectivity index (χ1n) is 6.04. The quantitative estimate of drug-likeness (QED) is 0.844. The van der Waals surface area contributed by atoms with Gasteiger partial charge in [0.1, 0.15) is 0 Å². The van der Waals surface area contributed by atoms with Gasteiger partial charge < -0.3 is 5.11 Å². The maximum atomic E-state index is 9.65. The van der Waals surface area contributed by atoms with E-state index in [1.807, 2.05) is 18.3 Å². The SMILES string of the molecule is CN(Cc1ccccn1)C1CCCC(O)C1. The second-order valence-electron chi connectivity index (χ2n) is 4.71. The molecule has 1 aromatic heterocycles. The lowest BCUT2D eigenvalue weighted by Gasteiger charge is -2.33. The fraction of sp³-hybridized carbons (Fsp3) is 0.615. The zero-order valence-corrected chi connectivity index (χ0v) is 9.84. The summed E-state index contributed by atoms with van der Waals surface area (Å²) >= 11 is 0. The number of aromatic nitrogens is 1. The van der Waals surface area contributed by atoms with E-state index in [1.54, 1.807) is 0 Å². The normalized spacial score (nSPS) is 25.9. The van der Waals surface area contributed by atoms with Crippen molar-refractivity contribution in [2.75, 3.05) is 7.05 Å². The third-order valence-electron chi connectivity index (χ3n) is 3.38. The first-order chi connectivity index (χ1) is 7.75. The summed E-state index contributed by atoms with van der Waals surface area (Å²) in [6.45, 7) is 0.873. The minimum Gasteiger partial charge on any atom is -0.393 e. The number of hydrogen-bond donors (Lipinski definition) is 1. The first-order valence-corrected chi connectivity index (χ1v) is 6.04. The van der Waals surface area contributed by atoms with Crippen molar-refractivity contribution in [3.8, 4) is 0 Å². The minimum atomic E-state index is -0.107. The molecule has 1 aliphatic rings. The molecule has 16 heavy (non-hydrogen) atoms. The standard InChI is InChI=1S/C13H20N2O/c1-15(10-11-5-2-3-8-14-11)12-6-4-7-13(16)9-12/h2-3,5,8,12-13,16H,4,6-7,9-10H2,1H3. The van der Waals surface area contributed by atoms with Gasteiger partial charge in [0.25, 0.3) is 0 Å². The van der Waals surface area contributed by atoms with Gasteiger partial charge in [-0.05, 0) is 44.9 Å². The molecule has 2 rings (SSSR count). The van der Waals surface area contributed by atoms with E-state index in [9.17, 15) is 5.11 Å². The number of rotatable bonds is 3. The minimum absolute atomic E-state index is 0.107. The van der Waals surface area contributed by atoms with Crippen molar-refractivity contribution in [2.45, 2.75) is 44.4 Å². The summed E-state index contributed by atoms with van der Waals surface area (Å²) in [6, 6.07) is 6.51. The van der Waals surface area contributed by atoms with Crippen LogP contribution in [0.2, 0.25) is 0 Å². The lowest BCUT2D eigenvalue weighted by atomic mass is 9.92. The van der Waals surface area contributed by atoms with Gasteiger partial charge in [-0.1, -0.05) is 6.07 Å². The van der Waals surface area contributed by atoms with E-state index in [1.165, 1.54) is 6.42 Å². The van der Waals surface area contributed by atoms with Gasteiger partial charge in [-0.3, -0.25) is 9.88 Å². The highest BCUT2D eigenvalue weighted by molar-refractivity contribution is 5.03. The molecule has 1 heterocycles. The number of hydrogen-bond acceptors (Lipinski definition) is 3. The number of aliphatic hydroxyl groups excluding tert-OH is 1. The second kappa shape index (κ2) is 5.41. The third-order valence-corrected chi connectivity index (χ3v) is 3.38. The molecule has 1 saturated carbocycles. The van der Waals surface area contributed by atoms with Crippen molar-refractivity contribution in [3.05, 3.63) is 30.1 Å². The van der Waals surface area contributed by atoms with E-state index < -0.39 is 0 Å². The van der Waals surface area contributed by atoms with Gasteiger partial charge in [-0.2, -0.15) is 0 Å². The van der Waals surface area contributed by atoms with Crippen molar-refractivity contribution in [3.63, 3.8) is 0 Å². The number of nitrogens with zero attached hydrogens (tertiary/aromatic N) is 2. The van der Waals surface area contributed by atoms with Gasteiger partial charge in [-0.15, -0.1) is 0 Å². The summed E-state index contributed by atoms with van der Waals surface area (Å²) in [6.07, 6.45) is 5.93. The molecular weight excluding hydrogens is 200 g/mol. The van der Waals surface area contributed by atoms with Crippen LogP contribution in [0.5, 0.6) is 0 Å². The molecule has 0 spiro atoms. The van der Waals surface area contributed by atoms with E-state index in [-0.39, 0.29) is 6.10 Å². The van der Waals surface area contributed by atoms with Crippen molar-refractivity contribution < 1.29 is 5.11 Å². The molecule has 2 unspecified atom stereocenters. The largest absolute Gasteiger partial charge is 0.393 e. The maximum absolute atomic E-state index is 9.65. The Morgan fingerprint density at radius 1 is 1.44 bits per heavy atom. The van der Waals surface area contributed by atoms with Crippen molar-refractivity contribution in [2.24, 2.45) is 0 Å². The van der Waals surface area contributed by atoms with Gasteiger partial charge in [-0.25, -0.2) is 0 Å². The fourth-order valence-corrected chi connectivity index (χ4v) is 2.42. The van der Waals surface area contributed by atoms with Crippen LogP contribution in [-0.4, -0.2) is 34.2 Å². The molecule has 0 saturated heterocycles. The van der Waals surface area contributed by atoms with Crippen LogP contribution in [0.4, 0.5) is 0 Å². The maximum Gasteiger partial charge on any atom is 0.0555 e. The molecule has 0 amide bonds. The number of aliphatic hydroxyl groups is 1. The molecule has 0 radical (unpaired) electrons. The van der Waals surface area contributed by atoms with Crippen molar-refractivity contribution in [1.82, 2.24) is 9.88 Å². The molecule has 2 atom stereocenters. The van der Waals surface area contributed by atoms with Gasteiger partial charge in [0.15, 0.2) is 0 Å². The smallest absolute Gasteiger partial charge is 0.0555 e. The molecule has 1 aliphatic carbocycles. The Morgan fingerprint density at radius 3 is 3.00 bits per heavy atom. The Hall–Kier alpha value is -0.930. The van der Waals surface area contributed by atoms with E-state index >= 15 is 0 Å². The van der Waals surface area contributed by atoms with Gasteiger partial charge in [0.05, 0.1) is 11.8 Å². The summed E-state index contributed by atoms with van der Waals surface area (Å²) in [5.41, 5.74) is 1.10. The fourth-order valence-electron chi connectivity index (χ4n) is 2.42. The summed E-state index contributed by atoms with van der Waals surface area (Å²) in [5.74, 6) is 0. The molecular formula is C13H20N2O. The summed E-state index contributed by atoms with van der Waals surface area (Å²) in [5, 5.41) is 9.65. The predicted octanol–water partition coefficient (Wildman–Crippen LogP) is 1.82. The lowest BCUT2D eigenvalue weighted by Crippen LogP contribution is -2.37. The topological polar surface area (TPSA) is 36.4 Å². The summed E-state index contributed by atoms with van der Waals surface area (Å²) in [7, 11) is 2.12. The Labute approximate surface area is 97.1 Å². The predicted molar refractivity (Wildman–Crippen MR) is 64.0 cm³/mol. The average molecular weight is 220 g/mol. The van der Waals surface area contributed by atoms with Crippen LogP contribution in [0.25, 0.3) is 0 Å². The summed E-state index contributed by atoms with van der Waals surface area (Å²) in [4.78, 5) is 6.64. The van der Waals surface area contributed by atoms with Gasteiger partial charge >= 0.3 is 0 Å².